The molecule has 1 aromatic carbocycles. The molecule has 1 aromatic rings. The molecule has 0 saturated heterocycles. The van der Waals surface area contributed by atoms with Gasteiger partial charge in [0.25, 0.3) is 0 Å². The summed E-state index contributed by atoms with van der Waals surface area (Å²) < 4.78 is 4.47. The van der Waals surface area contributed by atoms with Crippen LogP contribution in [0.2, 0.25) is 0 Å². The van der Waals surface area contributed by atoms with E-state index in [1.165, 1.54) is 7.11 Å². The Bertz CT molecular complexity index is 494. The van der Waals surface area contributed by atoms with Crippen molar-refractivity contribution in [1.82, 2.24) is 0 Å². The highest BCUT2D eigenvalue weighted by Gasteiger charge is 2.22. The first-order valence-electron chi connectivity index (χ1n) is 6.28. The van der Waals surface area contributed by atoms with Crippen LogP contribution in [0.15, 0.2) is 30.3 Å². The zero-order valence-electron chi connectivity index (χ0n) is 11.5. The normalized spacial score (nSPS) is 12.8. The number of methoxy groups -OCH3 is 1. The maximum atomic E-state index is 12.3. The molecular weight excluding hydrogens is 240 g/mol. The molecule has 0 aliphatic rings. The van der Waals surface area contributed by atoms with E-state index in [0.717, 1.165) is 0 Å². The highest BCUT2D eigenvalue weighted by molar-refractivity contribution is 5.98. The lowest BCUT2D eigenvalue weighted by molar-refractivity contribution is -0.133. The third-order valence-corrected chi connectivity index (χ3v) is 3.06. The number of rotatable bonds is 4. The van der Waals surface area contributed by atoms with Crippen LogP contribution in [0.1, 0.15) is 30.6 Å². The van der Waals surface area contributed by atoms with Crippen LogP contribution in [-0.2, 0) is 9.53 Å². The lowest BCUT2D eigenvalue weighted by atomic mass is 9.86. The number of benzene rings is 1. The van der Waals surface area contributed by atoms with Crippen molar-refractivity contribution in [3.8, 4) is 11.8 Å². The van der Waals surface area contributed by atoms with Crippen molar-refractivity contribution in [2.45, 2.75) is 20.3 Å². The Morgan fingerprint density at radius 1 is 1.26 bits per heavy atom. The lowest BCUT2D eigenvalue weighted by Crippen LogP contribution is -2.20. The molecule has 0 radical (unpaired) electrons. The van der Waals surface area contributed by atoms with E-state index in [1.54, 1.807) is 12.1 Å². The Hall–Kier alpha value is -2.08. The second-order valence-electron chi connectivity index (χ2n) is 4.29. The standard InChI is InChI=1S/C16H18O3/c1-4-13(10-11-15(17)19-3)12(2)16(18)14-8-6-5-7-9-14/h5-9,12-13H,4H2,1-3H3. The van der Waals surface area contributed by atoms with Gasteiger partial charge < -0.3 is 4.74 Å². The number of hydrogen-bond donors (Lipinski definition) is 0. The molecule has 1 rings (SSSR count). The van der Waals surface area contributed by atoms with Crippen LogP contribution >= 0.6 is 0 Å². The lowest BCUT2D eigenvalue weighted by Gasteiger charge is -2.16. The summed E-state index contributed by atoms with van der Waals surface area (Å²) in [6.07, 6.45) is 0.712. The highest BCUT2D eigenvalue weighted by atomic mass is 16.5. The molecule has 3 nitrogen and oxygen atoms in total. The smallest absolute Gasteiger partial charge is 0.384 e. The fraction of sp³-hybridized carbons (Fsp3) is 0.375. The summed E-state index contributed by atoms with van der Waals surface area (Å²) >= 11 is 0. The van der Waals surface area contributed by atoms with Gasteiger partial charge in [0.2, 0.25) is 0 Å². The molecular formula is C16H18O3. The van der Waals surface area contributed by atoms with E-state index in [-0.39, 0.29) is 17.6 Å². The number of esters is 1. The van der Waals surface area contributed by atoms with Gasteiger partial charge in [-0.25, -0.2) is 4.79 Å². The van der Waals surface area contributed by atoms with Gasteiger partial charge in [0.15, 0.2) is 5.78 Å². The van der Waals surface area contributed by atoms with Crippen molar-refractivity contribution < 1.29 is 14.3 Å². The largest absolute Gasteiger partial charge is 0.459 e. The minimum absolute atomic E-state index is 0.0478. The molecule has 0 heterocycles. The summed E-state index contributed by atoms with van der Waals surface area (Å²) in [7, 11) is 1.29. The van der Waals surface area contributed by atoms with Gasteiger partial charge in [-0.2, -0.15) is 0 Å². The van der Waals surface area contributed by atoms with Gasteiger partial charge in [0.05, 0.1) is 7.11 Å². The second kappa shape index (κ2) is 7.38. The van der Waals surface area contributed by atoms with E-state index < -0.39 is 5.97 Å². The summed E-state index contributed by atoms with van der Waals surface area (Å²) in [5.41, 5.74) is 0.674. The van der Waals surface area contributed by atoms with Gasteiger partial charge in [0, 0.05) is 23.3 Å². The van der Waals surface area contributed by atoms with Gasteiger partial charge in [-0.05, 0) is 6.42 Å². The van der Waals surface area contributed by atoms with E-state index in [9.17, 15) is 9.59 Å². The van der Waals surface area contributed by atoms with Crippen molar-refractivity contribution in [2.75, 3.05) is 7.11 Å². The minimum atomic E-state index is -0.571. The van der Waals surface area contributed by atoms with Crippen LogP contribution in [0, 0.1) is 23.7 Å². The molecule has 100 valence electrons. The van der Waals surface area contributed by atoms with Gasteiger partial charge in [-0.15, -0.1) is 0 Å². The molecule has 3 heteroatoms. The summed E-state index contributed by atoms with van der Waals surface area (Å²) in [6.45, 7) is 3.79. The minimum Gasteiger partial charge on any atom is -0.459 e. The number of Topliss-reactive ketones (excluding diaryl/α,β-unsaturated/α-hetero) is 1. The van der Waals surface area contributed by atoms with Gasteiger partial charge >= 0.3 is 5.97 Å². The molecule has 0 fully saturated rings. The summed E-state index contributed by atoms with van der Waals surface area (Å²) in [4.78, 5) is 23.3. The first-order valence-corrected chi connectivity index (χ1v) is 6.28. The van der Waals surface area contributed by atoms with Crippen molar-refractivity contribution >= 4 is 11.8 Å². The predicted octanol–water partition coefficient (Wildman–Crippen LogP) is 2.71. The van der Waals surface area contributed by atoms with Gasteiger partial charge in [-0.3, -0.25) is 4.79 Å². The average Bonchev–Trinajstić information content (AvgIpc) is 2.47. The maximum Gasteiger partial charge on any atom is 0.384 e. The molecule has 0 aliphatic carbocycles. The first kappa shape index (κ1) is 15.0. The van der Waals surface area contributed by atoms with E-state index >= 15 is 0 Å². The molecule has 0 amide bonds. The van der Waals surface area contributed by atoms with Crippen LogP contribution in [0.3, 0.4) is 0 Å². The number of ketones is 1. The van der Waals surface area contributed by atoms with Crippen LogP contribution in [0.25, 0.3) is 0 Å². The Balaban J connectivity index is 2.84. The molecule has 2 unspecified atom stereocenters. The second-order valence-corrected chi connectivity index (χ2v) is 4.29. The molecule has 0 N–H and O–H groups in total. The average molecular weight is 258 g/mol. The molecule has 0 spiro atoms. The summed E-state index contributed by atoms with van der Waals surface area (Å²) in [5, 5.41) is 0. The van der Waals surface area contributed by atoms with Crippen LogP contribution in [0.4, 0.5) is 0 Å². The molecule has 0 aromatic heterocycles. The van der Waals surface area contributed by atoms with E-state index in [4.69, 9.17) is 0 Å². The Labute approximate surface area is 114 Å². The van der Waals surface area contributed by atoms with Crippen molar-refractivity contribution in [3.05, 3.63) is 35.9 Å². The summed E-state index contributed by atoms with van der Waals surface area (Å²) in [5.74, 6) is 4.32. The third-order valence-electron chi connectivity index (χ3n) is 3.06. The van der Waals surface area contributed by atoms with E-state index in [1.807, 2.05) is 32.0 Å². The number of ether oxygens (including phenoxy) is 1. The third kappa shape index (κ3) is 4.26. The molecule has 0 aliphatic heterocycles. The Kier molecular flexibility index (Phi) is 5.81. The van der Waals surface area contributed by atoms with Crippen molar-refractivity contribution in [1.29, 1.82) is 0 Å². The first-order chi connectivity index (χ1) is 9.10. The van der Waals surface area contributed by atoms with Gasteiger partial charge in [0.1, 0.15) is 0 Å². The zero-order valence-corrected chi connectivity index (χ0v) is 11.5. The molecule has 19 heavy (non-hydrogen) atoms. The van der Waals surface area contributed by atoms with E-state index in [0.29, 0.717) is 12.0 Å². The number of carbonyl (C=O) groups excluding carboxylic acids is 2. The summed E-state index contributed by atoms with van der Waals surface area (Å²) in [6, 6.07) is 9.12. The molecule has 0 saturated carbocycles. The van der Waals surface area contributed by atoms with Crippen LogP contribution < -0.4 is 0 Å². The SMILES string of the molecule is CCC(C#CC(=O)OC)C(C)C(=O)c1ccccc1. The molecule has 0 bridgehead atoms. The Morgan fingerprint density at radius 3 is 2.42 bits per heavy atom. The monoisotopic (exact) mass is 258 g/mol. The maximum absolute atomic E-state index is 12.3. The Morgan fingerprint density at radius 2 is 1.89 bits per heavy atom. The van der Waals surface area contributed by atoms with E-state index in [2.05, 4.69) is 16.6 Å². The van der Waals surface area contributed by atoms with Crippen LogP contribution in [0.5, 0.6) is 0 Å². The fourth-order valence-electron chi connectivity index (χ4n) is 1.83. The zero-order chi connectivity index (χ0) is 14.3. The quantitative estimate of drug-likeness (QED) is 0.361. The van der Waals surface area contributed by atoms with Crippen molar-refractivity contribution in [2.24, 2.45) is 11.8 Å². The van der Waals surface area contributed by atoms with Gasteiger partial charge in [-0.1, -0.05) is 50.1 Å². The predicted molar refractivity (Wildman–Crippen MR) is 73.5 cm³/mol. The number of carbonyl (C=O) groups is 2. The fourth-order valence-corrected chi connectivity index (χ4v) is 1.83. The van der Waals surface area contributed by atoms with Crippen LogP contribution in [-0.4, -0.2) is 18.9 Å². The highest BCUT2D eigenvalue weighted by Crippen LogP contribution is 2.19. The number of hydrogen-bond acceptors (Lipinski definition) is 3. The van der Waals surface area contributed by atoms with Crippen molar-refractivity contribution in [3.63, 3.8) is 0 Å². The topological polar surface area (TPSA) is 43.4 Å². The molecule has 2 atom stereocenters.